The van der Waals surface area contributed by atoms with Crippen molar-refractivity contribution in [2.24, 2.45) is 11.8 Å². The topological polar surface area (TPSA) is 75.3 Å². The molecule has 2 N–H and O–H groups in total. The van der Waals surface area contributed by atoms with E-state index in [0.717, 1.165) is 19.4 Å². The lowest BCUT2D eigenvalue weighted by atomic mass is 10.00. The van der Waals surface area contributed by atoms with Gasteiger partial charge >= 0.3 is 0 Å². The fraction of sp³-hybridized carbons (Fsp3) is 0.471. The van der Waals surface area contributed by atoms with E-state index in [9.17, 15) is 18.8 Å². The third-order valence-electron chi connectivity index (χ3n) is 4.42. The molecule has 0 radical (unpaired) electrons. The molecular formula is C17H19FN2O3. The number of benzene rings is 1. The Hall–Kier alpha value is -2.08. The van der Waals surface area contributed by atoms with Gasteiger partial charge in [0.25, 0.3) is 5.91 Å². The van der Waals surface area contributed by atoms with Crippen molar-refractivity contribution in [3.63, 3.8) is 0 Å². The summed E-state index contributed by atoms with van der Waals surface area (Å²) in [6, 6.07) is 2.69. The van der Waals surface area contributed by atoms with E-state index in [1.807, 2.05) is 0 Å². The molecule has 3 rings (SSSR count). The average molecular weight is 318 g/mol. The van der Waals surface area contributed by atoms with Gasteiger partial charge in [-0.2, -0.15) is 0 Å². The minimum Gasteiger partial charge on any atom is -0.316 e. The highest BCUT2D eigenvalue weighted by atomic mass is 19.1. The number of aldehydes is 1. The molecule has 1 aromatic rings. The molecule has 1 aliphatic heterocycles. The first-order chi connectivity index (χ1) is 11.1. The molecule has 0 spiro atoms. The summed E-state index contributed by atoms with van der Waals surface area (Å²) in [6.45, 7) is 1.25. The van der Waals surface area contributed by atoms with Crippen LogP contribution in [-0.4, -0.2) is 31.2 Å². The highest BCUT2D eigenvalue weighted by molar-refractivity contribution is 6.06. The third-order valence-corrected chi connectivity index (χ3v) is 4.42. The second-order valence-corrected chi connectivity index (χ2v) is 6.32. The summed E-state index contributed by atoms with van der Waals surface area (Å²) in [6.07, 6.45) is 3.85. The molecule has 2 aliphatic rings. The lowest BCUT2D eigenvalue weighted by Crippen LogP contribution is -2.37. The smallest absolute Gasteiger partial charge is 0.260 e. The Morgan fingerprint density at radius 1 is 1.30 bits per heavy atom. The monoisotopic (exact) mass is 318 g/mol. The van der Waals surface area contributed by atoms with Crippen molar-refractivity contribution >= 4 is 18.1 Å². The van der Waals surface area contributed by atoms with Crippen LogP contribution in [0.15, 0.2) is 12.1 Å². The third kappa shape index (κ3) is 3.64. The standard InChI is InChI=1S/C17H19FN2O3/c18-15-13(5-10-1-2-10)6-11(9-21)7-14(15)17(23)20-16(22)12-3-4-19-8-12/h6-7,9-10,12,19H,1-5,8H2,(H,20,22,23)/t12-/m1/s1. The highest BCUT2D eigenvalue weighted by Gasteiger charge is 2.28. The van der Waals surface area contributed by atoms with E-state index in [0.29, 0.717) is 37.2 Å². The van der Waals surface area contributed by atoms with Crippen LogP contribution in [0.1, 0.15) is 45.5 Å². The Balaban J connectivity index is 1.80. The van der Waals surface area contributed by atoms with Crippen LogP contribution < -0.4 is 10.6 Å². The molecule has 1 saturated carbocycles. The van der Waals surface area contributed by atoms with Crippen LogP contribution in [0.5, 0.6) is 0 Å². The first-order valence-electron chi connectivity index (χ1n) is 7.92. The van der Waals surface area contributed by atoms with Crippen molar-refractivity contribution in [3.8, 4) is 0 Å². The molecule has 0 unspecified atom stereocenters. The van der Waals surface area contributed by atoms with Gasteiger partial charge < -0.3 is 5.32 Å². The maximum Gasteiger partial charge on any atom is 0.260 e. The van der Waals surface area contributed by atoms with Crippen molar-refractivity contribution in [1.29, 1.82) is 0 Å². The van der Waals surface area contributed by atoms with Crippen molar-refractivity contribution in [1.82, 2.24) is 10.6 Å². The fourth-order valence-electron chi connectivity index (χ4n) is 2.88. The summed E-state index contributed by atoms with van der Waals surface area (Å²) in [5.74, 6) is -1.66. The number of imide groups is 1. The molecule has 6 heteroatoms. The van der Waals surface area contributed by atoms with E-state index in [1.165, 1.54) is 12.1 Å². The van der Waals surface area contributed by atoms with Gasteiger partial charge in [0.1, 0.15) is 12.1 Å². The molecule has 23 heavy (non-hydrogen) atoms. The van der Waals surface area contributed by atoms with Crippen LogP contribution in [0.3, 0.4) is 0 Å². The van der Waals surface area contributed by atoms with E-state index in [2.05, 4.69) is 10.6 Å². The van der Waals surface area contributed by atoms with E-state index in [-0.39, 0.29) is 17.0 Å². The second-order valence-electron chi connectivity index (χ2n) is 6.32. The van der Waals surface area contributed by atoms with Crippen molar-refractivity contribution in [2.75, 3.05) is 13.1 Å². The van der Waals surface area contributed by atoms with Crippen LogP contribution in [0.4, 0.5) is 4.39 Å². The average Bonchev–Trinajstić information content (AvgIpc) is 3.17. The van der Waals surface area contributed by atoms with Crippen LogP contribution >= 0.6 is 0 Å². The molecule has 122 valence electrons. The Kier molecular flexibility index (Phi) is 4.52. The van der Waals surface area contributed by atoms with Crippen LogP contribution in [0, 0.1) is 17.7 Å². The van der Waals surface area contributed by atoms with Crippen LogP contribution in [0.2, 0.25) is 0 Å². The number of rotatable bonds is 5. The van der Waals surface area contributed by atoms with Gasteiger partial charge in [-0.1, -0.05) is 0 Å². The zero-order valence-electron chi connectivity index (χ0n) is 12.7. The van der Waals surface area contributed by atoms with Gasteiger partial charge in [-0.3, -0.25) is 19.7 Å². The van der Waals surface area contributed by atoms with Crippen LogP contribution in [0.25, 0.3) is 0 Å². The molecule has 1 aliphatic carbocycles. The minimum absolute atomic E-state index is 0.232. The van der Waals surface area contributed by atoms with Gasteiger partial charge in [0.2, 0.25) is 5.91 Å². The zero-order valence-corrected chi connectivity index (χ0v) is 12.7. The number of carbonyl (C=O) groups excluding carboxylic acids is 3. The number of carbonyl (C=O) groups is 3. The van der Waals surface area contributed by atoms with Crippen molar-refractivity contribution in [2.45, 2.75) is 25.7 Å². The molecule has 5 nitrogen and oxygen atoms in total. The molecule has 1 heterocycles. The predicted molar refractivity (Wildman–Crippen MR) is 81.7 cm³/mol. The quantitative estimate of drug-likeness (QED) is 0.636. The summed E-state index contributed by atoms with van der Waals surface area (Å²) >= 11 is 0. The van der Waals surface area contributed by atoms with E-state index >= 15 is 0 Å². The van der Waals surface area contributed by atoms with Gasteiger partial charge in [0, 0.05) is 12.1 Å². The number of hydrogen-bond donors (Lipinski definition) is 2. The van der Waals surface area contributed by atoms with Crippen molar-refractivity contribution in [3.05, 3.63) is 34.6 Å². The van der Waals surface area contributed by atoms with Crippen LogP contribution in [-0.2, 0) is 11.2 Å². The van der Waals surface area contributed by atoms with Gasteiger partial charge in [-0.25, -0.2) is 4.39 Å². The SMILES string of the molecule is O=Cc1cc(CC2CC2)c(F)c(C(=O)NC(=O)[C@@H]2CCNC2)c1. The van der Waals surface area contributed by atoms with E-state index in [4.69, 9.17) is 0 Å². The lowest BCUT2D eigenvalue weighted by Gasteiger charge is -2.12. The predicted octanol–water partition coefficient (Wildman–Crippen LogP) is 1.46. The Morgan fingerprint density at radius 2 is 2.09 bits per heavy atom. The normalized spacial score (nSPS) is 20.3. The number of hydrogen-bond acceptors (Lipinski definition) is 4. The van der Waals surface area contributed by atoms with E-state index < -0.39 is 17.6 Å². The van der Waals surface area contributed by atoms with Crippen molar-refractivity contribution < 1.29 is 18.8 Å². The van der Waals surface area contributed by atoms with Gasteiger partial charge in [0.15, 0.2) is 0 Å². The molecule has 0 aromatic heterocycles. The zero-order chi connectivity index (χ0) is 16.4. The Bertz CT molecular complexity index is 649. The first-order valence-corrected chi connectivity index (χ1v) is 7.92. The summed E-state index contributed by atoms with van der Waals surface area (Å²) in [4.78, 5) is 35.3. The van der Waals surface area contributed by atoms with Gasteiger partial charge in [-0.15, -0.1) is 0 Å². The molecule has 1 saturated heterocycles. The Labute approximate surface area is 133 Å². The molecule has 2 amide bonds. The van der Waals surface area contributed by atoms with Gasteiger partial charge in [-0.05, 0) is 55.8 Å². The molecule has 2 fully saturated rings. The fourth-order valence-corrected chi connectivity index (χ4v) is 2.88. The largest absolute Gasteiger partial charge is 0.316 e. The highest BCUT2D eigenvalue weighted by Crippen LogP contribution is 2.34. The van der Waals surface area contributed by atoms with E-state index in [1.54, 1.807) is 0 Å². The number of halogens is 1. The molecule has 1 aromatic carbocycles. The van der Waals surface area contributed by atoms with Gasteiger partial charge in [0.05, 0.1) is 11.5 Å². The first kappa shape index (κ1) is 15.8. The summed E-state index contributed by atoms with van der Waals surface area (Å²) in [5.41, 5.74) is 0.393. The number of amides is 2. The summed E-state index contributed by atoms with van der Waals surface area (Å²) in [5, 5.41) is 5.29. The maximum atomic E-state index is 14.6. The minimum atomic E-state index is -0.778. The summed E-state index contributed by atoms with van der Waals surface area (Å²) in [7, 11) is 0. The molecule has 1 atom stereocenters. The molecule has 0 bridgehead atoms. The Morgan fingerprint density at radius 3 is 2.70 bits per heavy atom. The maximum absolute atomic E-state index is 14.6. The molecular weight excluding hydrogens is 299 g/mol. The summed E-state index contributed by atoms with van der Waals surface area (Å²) < 4.78 is 14.6. The lowest BCUT2D eigenvalue weighted by molar-refractivity contribution is -0.123. The number of nitrogens with one attached hydrogen (secondary N) is 2. The second kappa shape index (κ2) is 6.58.